The first-order valence-corrected chi connectivity index (χ1v) is 8.87. The van der Waals surface area contributed by atoms with Crippen molar-refractivity contribution in [2.45, 2.75) is 6.18 Å². The van der Waals surface area contributed by atoms with Gasteiger partial charge in [0.15, 0.2) is 5.11 Å². The van der Waals surface area contributed by atoms with E-state index in [4.69, 9.17) is 28.2 Å². The Morgan fingerprint density at radius 1 is 1.24 bits per heavy atom. The second-order valence-corrected chi connectivity index (χ2v) is 6.71. The molecule has 0 aliphatic carbocycles. The van der Waals surface area contributed by atoms with Gasteiger partial charge in [0.05, 0.1) is 10.6 Å². The van der Waals surface area contributed by atoms with Crippen molar-refractivity contribution in [3.05, 3.63) is 64.9 Å². The number of nitrogens with one attached hydrogen (secondary N) is 1. The van der Waals surface area contributed by atoms with Gasteiger partial charge in [-0.15, -0.1) is 6.58 Å². The van der Waals surface area contributed by atoms with Crippen LogP contribution in [0, 0.1) is 0 Å². The zero-order chi connectivity index (χ0) is 21.3. The van der Waals surface area contributed by atoms with Gasteiger partial charge in [0.2, 0.25) is 0 Å². The molecular formula is C19H12ClF3N2O3S. The molecule has 0 spiro atoms. The Morgan fingerprint density at radius 2 is 1.97 bits per heavy atom. The molecule has 3 rings (SSSR count). The number of benzene rings is 1. The highest BCUT2D eigenvalue weighted by Crippen LogP contribution is 2.36. The van der Waals surface area contributed by atoms with Crippen molar-refractivity contribution in [2.24, 2.45) is 0 Å². The SMILES string of the molecule is C=CCN1C(=O)C(=Cc2ccc(-c3ccc(C(F)(F)F)cc3Cl)o2)C(=O)NC1=S. The van der Waals surface area contributed by atoms with Gasteiger partial charge in [-0.3, -0.25) is 19.8 Å². The first kappa shape index (κ1) is 20.8. The van der Waals surface area contributed by atoms with Crippen LogP contribution in [0.25, 0.3) is 17.4 Å². The van der Waals surface area contributed by atoms with Crippen LogP contribution < -0.4 is 5.32 Å². The lowest BCUT2D eigenvalue weighted by Gasteiger charge is -2.27. The van der Waals surface area contributed by atoms with Crippen molar-refractivity contribution < 1.29 is 27.2 Å². The van der Waals surface area contributed by atoms with Crippen LogP contribution in [0.3, 0.4) is 0 Å². The first-order valence-electron chi connectivity index (χ1n) is 8.08. The van der Waals surface area contributed by atoms with Gasteiger partial charge in [-0.05, 0) is 48.6 Å². The van der Waals surface area contributed by atoms with Gasteiger partial charge < -0.3 is 4.42 Å². The van der Waals surface area contributed by atoms with Crippen molar-refractivity contribution >= 4 is 46.8 Å². The van der Waals surface area contributed by atoms with Crippen molar-refractivity contribution in [3.8, 4) is 11.3 Å². The number of furan rings is 1. The van der Waals surface area contributed by atoms with Crippen molar-refractivity contribution in [1.29, 1.82) is 0 Å². The van der Waals surface area contributed by atoms with E-state index < -0.39 is 23.6 Å². The molecule has 0 unspecified atom stereocenters. The average molecular weight is 441 g/mol. The summed E-state index contributed by atoms with van der Waals surface area (Å²) in [5.41, 5.74) is -0.860. The highest BCUT2D eigenvalue weighted by atomic mass is 35.5. The van der Waals surface area contributed by atoms with Crippen LogP contribution in [-0.2, 0) is 15.8 Å². The molecule has 0 saturated carbocycles. The molecular weight excluding hydrogens is 429 g/mol. The third-order valence-electron chi connectivity index (χ3n) is 3.97. The highest BCUT2D eigenvalue weighted by Gasteiger charge is 2.33. The lowest BCUT2D eigenvalue weighted by molar-refractivity contribution is -0.137. The molecule has 29 heavy (non-hydrogen) atoms. The Labute approximate surface area is 173 Å². The number of rotatable bonds is 4. The van der Waals surface area contributed by atoms with E-state index in [1.165, 1.54) is 30.4 Å². The van der Waals surface area contributed by atoms with Gasteiger partial charge in [-0.1, -0.05) is 17.7 Å². The van der Waals surface area contributed by atoms with Crippen LogP contribution in [0.4, 0.5) is 13.2 Å². The number of halogens is 4. The molecule has 2 amide bonds. The van der Waals surface area contributed by atoms with Crippen LogP contribution in [0.1, 0.15) is 11.3 Å². The maximum Gasteiger partial charge on any atom is 0.416 e. The standard InChI is InChI=1S/C19H12ClF3N2O3S/c1-2-7-25-17(27)13(16(26)24-18(25)29)9-11-4-6-15(28-11)12-5-3-10(8-14(12)20)19(21,22)23/h2-6,8-9H,1,7H2,(H,24,26,29). The molecule has 0 bridgehead atoms. The number of carbonyl (C=O) groups excluding carboxylic acids is 2. The number of alkyl halides is 3. The normalized spacial score (nSPS) is 16.3. The van der Waals surface area contributed by atoms with E-state index in [0.717, 1.165) is 17.0 Å². The Hall–Kier alpha value is -2.91. The molecule has 0 radical (unpaired) electrons. The quantitative estimate of drug-likeness (QED) is 0.330. The van der Waals surface area contributed by atoms with Gasteiger partial charge in [-0.25, -0.2) is 0 Å². The number of amides is 2. The topological polar surface area (TPSA) is 62.6 Å². The van der Waals surface area contributed by atoms with E-state index in [9.17, 15) is 22.8 Å². The molecule has 5 nitrogen and oxygen atoms in total. The first-order chi connectivity index (χ1) is 13.6. The number of thiocarbonyl (C=S) groups is 1. The van der Waals surface area contributed by atoms with E-state index in [-0.39, 0.29) is 39.3 Å². The Morgan fingerprint density at radius 3 is 2.59 bits per heavy atom. The number of carbonyl (C=O) groups is 2. The van der Waals surface area contributed by atoms with Crippen LogP contribution in [0.2, 0.25) is 5.02 Å². The fraction of sp³-hybridized carbons (Fsp3) is 0.105. The number of hydrogen-bond acceptors (Lipinski definition) is 4. The Kier molecular flexibility index (Phi) is 5.63. The highest BCUT2D eigenvalue weighted by molar-refractivity contribution is 7.80. The smallest absolute Gasteiger partial charge is 0.416 e. The summed E-state index contributed by atoms with van der Waals surface area (Å²) in [6, 6.07) is 5.79. The minimum absolute atomic E-state index is 0.0336. The minimum Gasteiger partial charge on any atom is -0.457 e. The fourth-order valence-electron chi connectivity index (χ4n) is 2.60. The van der Waals surface area contributed by atoms with Crippen LogP contribution in [0.5, 0.6) is 0 Å². The molecule has 1 fully saturated rings. The summed E-state index contributed by atoms with van der Waals surface area (Å²) in [6.07, 6.45) is -1.85. The summed E-state index contributed by atoms with van der Waals surface area (Å²) in [6.45, 7) is 3.64. The molecule has 1 aliphatic heterocycles. The van der Waals surface area contributed by atoms with Gasteiger partial charge in [0, 0.05) is 12.1 Å². The molecule has 1 N–H and O–H groups in total. The number of hydrogen-bond donors (Lipinski definition) is 1. The second-order valence-electron chi connectivity index (χ2n) is 5.92. The lowest BCUT2D eigenvalue weighted by Crippen LogP contribution is -2.53. The largest absolute Gasteiger partial charge is 0.457 e. The van der Waals surface area contributed by atoms with Gasteiger partial charge in [0.25, 0.3) is 11.8 Å². The maximum atomic E-state index is 12.8. The van der Waals surface area contributed by atoms with E-state index in [2.05, 4.69) is 11.9 Å². The average Bonchev–Trinajstić information content (AvgIpc) is 3.09. The summed E-state index contributed by atoms with van der Waals surface area (Å²) in [5, 5.41) is 2.21. The second kappa shape index (κ2) is 7.84. The van der Waals surface area contributed by atoms with Gasteiger partial charge >= 0.3 is 6.18 Å². The van der Waals surface area contributed by atoms with Crippen LogP contribution >= 0.6 is 23.8 Å². The molecule has 1 aliphatic rings. The van der Waals surface area contributed by atoms with Gasteiger partial charge in [0.1, 0.15) is 17.1 Å². The van der Waals surface area contributed by atoms with Crippen molar-refractivity contribution in [2.75, 3.05) is 6.54 Å². The van der Waals surface area contributed by atoms with Crippen LogP contribution in [-0.4, -0.2) is 28.4 Å². The molecule has 0 atom stereocenters. The molecule has 150 valence electrons. The Balaban J connectivity index is 1.92. The van der Waals surface area contributed by atoms with E-state index in [1.807, 2.05) is 0 Å². The number of nitrogens with zero attached hydrogens (tertiary/aromatic N) is 1. The summed E-state index contributed by atoms with van der Waals surface area (Å²) in [7, 11) is 0. The van der Waals surface area contributed by atoms with Crippen molar-refractivity contribution in [3.63, 3.8) is 0 Å². The monoisotopic (exact) mass is 440 g/mol. The van der Waals surface area contributed by atoms with E-state index in [0.29, 0.717) is 0 Å². The third kappa shape index (κ3) is 4.25. The van der Waals surface area contributed by atoms with Crippen molar-refractivity contribution in [1.82, 2.24) is 10.2 Å². The van der Waals surface area contributed by atoms with Crippen LogP contribution in [0.15, 0.2) is 53.0 Å². The molecule has 2 aromatic rings. The fourth-order valence-corrected chi connectivity index (χ4v) is 3.12. The summed E-state index contributed by atoms with van der Waals surface area (Å²) in [4.78, 5) is 25.8. The third-order valence-corrected chi connectivity index (χ3v) is 4.61. The Bertz CT molecular complexity index is 1060. The molecule has 1 aromatic carbocycles. The van der Waals surface area contributed by atoms with E-state index in [1.54, 1.807) is 0 Å². The molecule has 2 heterocycles. The predicted octanol–water partition coefficient (Wildman–Crippen LogP) is 4.43. The zero-order valence-electron chi connectivity index (χ0n) is 14.5. The predicted molar refractivity (Wildman–Crippen MR) is 105 cm³/mol. The molecule has 10 heteroatoms. The summed E-state index contributed by atoms with van der Waals surface area (Å²) >= 11 is 10.9. The minimum atomic E-state index is -4.52. The van der Waals surface area contributed by atoms with E-state index >= 15 is 0 Å². The summed E-state index contributed by atoms with van der Waals surface area (Å²) in [5.74, 6) is -0.992. The summed E-state index contributed by atoms with van der Waals surface area (Å²) < 4.78 is 43.9. The molecule has 1 saturated heterocycles. The lowest BCUT2D eigenvalue weighted by atomic mass is 10.1. The van der Waals surface area contributed by atoms with Gasteiger partial charge in [-0.2, -0.15) is 13.2 Å². The zero-order valence-corrected chi connectivity index (χ0v) is 16.1. The molecule has 1 aromatic heterocycles. The maximum absolute atomic E-state index is 12.8.